The molecule has 0 heterocycles. The van der Waals surface area contributed by atoms with Crippen molar-refractivity contribution in [3.63, 3.8) is 0 Å². The fraction of sp³-hybridized carbons (Fsp3) is 0.381. The third-order valence-electron chi connectivity index (χ3n) is 2.24. The zero-order valence-electron chi connectivity index (χ0n) is 34.2. The van der Waals surface area contributed by atoms with Crippen LogP contribution in [-0.4, -0.2) is 0 Å². The SMILES string of the molecule is [2H]c1c([2H])c(-c2c([2H])c([2H])c(C([2H])([2H])CC([2H])([2H])C([2H])([2H])C([2H])([2H])C([2H])([2H])C([2H])([2H])C([2H])([2H])[2H])c([2H])c2[2H])c([2H])c([2H])c1C#N. The summed E-state index contributed by atoms with van der Waals surface area (Å²) in [7, 11) is 0. The van der Waals surface area contributed by atoms with Crippen molar-refractivity contribution in [1.29, 1.82) is 5.26 Å². The number of nitriles is 1. The van der Waals surface area contributed by atoms with Crippen LogP contribution in [0.15, 0.2) is 48.3 Å². The average Bonchev–Trinajstić information content (AvgIpc) is 2.86. The number of hydrogen-bond acceptors (Lipinski definition) is 1. The van der Waals surface area contributed by atoms with Crippen molar-refractivity contribution in [2.45, 2.75) is 51.5 Å². The molecule has 0 atom stereocenters. The molecule has 0 aliphatic rings. The predicted octanol–water partition coefficient (Wildman–Crippen LogP) is 6.13. The molecule has 0 aliphatic carbocycles. The van der Waals surface area contributed by atoms with Gasteiger partial charge in [-0.15, -0.1) is 0 Å². The molecular weight excluding hydrogens is 266 g/mol. The second-order valence-electron chi connectivity index (χ2n) is 3.64. The summed E-state index contributed by atoms with van der Waals surface area (Å²) >= 11 is 0. The van der Waals surface area contributed by atoms with Gasteiger partial charge in [0.1, 0.15) is 0 Å². The van der Waals surface area contributed by atoms with E-state index in [1.165, 1.54) is 6.07 Å². The topological polar surface area (TPSA) is 23.8 Å². The standard InChI is InChI=1S/C21H25N/c1-2-3-4-5-6-7-8-18-9-13-20(14-10-18)21-15-11-19(17-22)12-16-21/h9-16H,2-8H2,1H3/i1D3,2D2,3D2,4D2,5D2,6D2,8D2,9D,10D,11D,12D,13D,14D,15D,16D. The van der Waals surface area contributed by atoms with Gasteiger partial charge in [-0.25, -0.2) is 0 Å². The van der Waals surface area contributed by atoms with Gasteiger partial charge in [-0.1, -0.05) is 75.0 Å². The fourth-order valence-electron chi connectivity index (χ4n) is 1.30. The Kier molecular flexibility index (Phi) is 1.52. The second-order valence-corrected chi connectivity index (χ2v) is 3.64. The van der Waals surface area contributed by atoms with Gasteiger partial charge in [0.2, 0.25) is 0 Å². The van der Waals surface area contributed by atoms with E-state index in [1.54, 1.807) is 0 Å². The van der Waals surface area contributed by atoms with Gasteiger partial charge in [-0.2, -0.15) is 5.26 Å². The van der Waals surface area contributed by atoms with Gasteiger partial charge in [0.05, 0.1) is 22.6 Å². The molecule has 2 aromatic carbocycles. The van der Waals surface area contributed by atoms with Gasteiger partial charge in [0, 0.05) is 20.6 Å². The highest BCUT2D eigenvalue weighted by molar-refractivity contribution is 5.64. The van der Waals surface area contributed by atoms with Crippen LogP contribution in [-0.2, 0) is 6.37 Å². The van der Waals surface area contributed by atoms with E-state index in [4.69, 9.17) is 31.5 Å². The van der Waals surface area contributed by atoms with Crippen molar-refractivity contribution in [2.75, 3.05) is 0 Å². The van der Waals surface area contributed by atoms with Crippen molar-refractivity contribution >= 4 is 0 Å². The van der Waals surface area contributed by atoms with Crippen molar-refractivity contribution in [2.24, 2.45) is 0 Å². The number of rotatable bonds is 8. The summed E-state index contributed by atoms with van der Waals surface area (Å²) in [5, 5.41) is 9.18. The van der Waals surface area contributed by atoms with Crippen molar-refractivity contribution in [3.8, 4) is 17.2 Å². The monoisotopic (exact) mass is 314 g/mol. The maximum atomic E-state index is 9.18. The lowest BCUT2D eigenvalue weighted by Crippen LogP contribution is -1.87. The Balaban J connectivity index is 2.80. The molecule has 0 bridgehead atoms. The van der Waals surface area contributed by atoms with Crippen LogP contribution in [0.2, 0.25) is 0 Å². The smallest absolute Gasteiger partial charge is 0.0991 e. The van der Waals surface area contributed by atoms with Gasteiger partial charge < -0.3 is 0 Å². The third-order valence-corrected chi connectivity index (χ3v) is 2.24. The Bertz CT molecular complexity index is 1500. The Hall–Kier alpha value is -2.07. The predicted molar refractivity (Wildman–Crippen MR) is 93.7 cm³/mol. The van der Waals surface area contributed by atoms with E-state index in [0.717, 1.165) is 0 Å². The maximum Gasteiger partial charge on any atom is 0.0991 e. The molecule has 0 aromatic heterocycles. The maximum absolute atomic E-state index is 9.18. The molecule has 0 fully saturated rings. The highest BCUT2D eigenvalue weighted by atomic mass is 14.2. The van der Waals surface area contributed by atoms with Gasteiger partial charge >= 0.3 is 0 Å². The lowest BCUT2D eigenvalue weighted by molar-refractivity contribution is 0.607. The average molecular weight is 315 g/mol. The molecule has 1 heteroatoms. The molecule has 0 saturated carbocycles. The first-order valence-electron chi connectivity index (χ1n) is 17.4. The van der Waals surface area contributed by atoms with Crippen LogP contribution in [0, 0.1) is 11.3 Å². The fourth-order valence-corrected chi connectivity index (χ4v) is 1.30. The van der Waals surface area contributed by atoms with Crippen molar-refractivity contribution in [1.82, 2.24) is 0 Å². The summed E-state index contributed by atoms with van der Waals surface area (Å²) in [4.78, 5) is 0. The largest absolute Gasteiger partial charge is 0.192 e. The summed E-state index contributed by atoms with van der Waals surface area (Å²) in [6.45, 7) is -3.85. The molecule has 2 aromatic rings. The van der Waals surface area contributed by atoms with E-state index < -0.39 is 122 Å². The molecule has 0 unspecified atom stereocenters. The zero-order chi connectivity index (χ0) is 35.8. The first-order chi connectivity index (χ1) is 19.8. The van der Waals surface area contributed by atoms with Crippen LogP contribution in [0.5, 0.6) is 0 Å². The molecule has 1 nitrogen and oxygen atoms in total. The van der Waals surface area contributed by atoms with E-state index in [9.17, 15) is 5.26 Å². The molecule has 0 N–H and O–H groups in total. The lowest BCUT2D eigenvalue weighted by atomic mass is 10.00. The second kappa shape index (κ2) is 9.05. The molecule has 114 valence electrons. The first-order valence-corrected chi connectivity index (χ1v) is 5.93. The van der Waals surface area contributed by atoms with Crippen molar-refractivity contribution in [3.05, 3.63) is 59.5 Å². The normalized spacial score (nSPS) is 30.0. The highest BCUT2D eigenvalue weighted by Gasteiger charge is 1.99. The van der Waals surface area contributed by atoms with Gasteiger partial charge in [0.15, 0.2) is 0 Å². The molecule has 0 spiro atoms. The molecule has 0 saturated heterocycles. The van der Waals surface area contributed by atoms with Crippen LogP contribution >= 0.6 is 0 Å². The summed E-state index contributed by atoms with van der Waals surface area (Å²) < 4.78 is 185. The summed E-state index contributed by atoms with van der Waals surface area (Å²) in [6, 6.07) is -6.79. The van der Waals surface area contributed by atoms with Gasteiger partial charge in [0.25, 0.3) is 0 Å². The van der Waals surface area contributed by atoms with Crippen LogP contribution in [0.25, 0.3) is 11.1 Å². The van der Waals surface area contributed by atoms with E-state index in [-0.39, 0.29) is 0 Å². The Morgan fingerprint density at radius 2 is 1.59 bits per heavy atom. The molecule has 2 rings (SSSR count). The summed E-state index contributed by atoms with van der Waals surface area (Å²) in [6.07, 6.45) is -25.9. The van der Waals surface area contributed by atoms with Crippen LogP contribution < -0.4 is 0 Å². The van der Waals surface area contributed by atoms with Crippen LogP contribution in [0.4, 0.5) is 0 Å². The summed E-state index contributed by atoms with van der Waals surface area (Å²) in [5.41, 5.74) is -3.48. The van der Waals surface area contributed by atoms with Gasteiger partial charge in [-0.05, 0) is 41.6 Å². The quantitative estimate of drug-likeness (QED) is 0.575. The number of benzene rings is 2. The Labute approximate surface area is 166 Å². The number of hydrogen-bond donors (Lipinski definition) is 0. The first kappa shape index (κ1) is 3.70. The highest BCUT2D eigenvalue weighted by Crippen LogP contribution is 2.21. The minimum Gasteiger partial charge on any atom is -0.192 e. The van der Waals surface area contributed by atoms with E-state index in [0.29, 0.717) is 0 Å². The van der Waals surface area contributed by atoms with Crippen LogP contribution in [0.1, 0.15) is 87.8 Å². The van der Waals surface area contributed by atoms with E-state index in [1.807, 2.05) is 0 Å². The molecular formula is C21H25N. The Morgan fingerprint density at radius 1 is 0.955 bits per heavy atom. The molecule has 0 aliphatic heterocycles. The van der Waals surface area contributed by atoms with Crippen molar-refractivity contribution < 1.29 is 31.5 Å². The zero-order valence-corrected chi connectivity index (χ0v) is 11.2. The minimum absolute atomic E-state index is 0.676. The summed E-state index contributed by atoms with van der Waals surface area (Å²) in [5.74, 6) is 0. The lowest BCUT2D eigenvalue weighted by Gasteiger charge is -2.05. The molecule has 0 amide bonds. The number of nitrogens with zero attached hydrogens (tertiary/aromatic N) is 1. The minimum atomic E-state index is -4.30. The van der Waals surface area contributed by atoms with E-state index >= 15 is 0 Å². The van der Waals surface area contributed by atoms with E-state index in [2.05, 4.69) is 0 Å². The Morgan fingerprint density at radius 3 is 2.23 bits per heavy atom. The van der Waals surface area contributed by atoms with Crippen LogP contribution in [0.3, 0.4) is 0 Å². The molecule has 22 heavy (non-hydrogen) atoms. The third kappa shape index (κ3) is 5.04. The molecule has 0 radical (unpaired) electrons. The van der Waals surface area contributed by atoms with Gasteiger partial charge in [-0.3, -0.25) is 0 Å².